The molecule has 2 aromatic carbocycles. The molecule has 0 aliphatic heterocycles. The minimum atomic E-state index is -0.524. The molecule has 9 heteroatoms. The molecule has 1 heterocycles. The van der Waals surface area contributed by atoms with Crippen molar-refractivity contribution in [2.75, 3.05) is 11.9 Å². The van der Waals surface area contributed by atoms with E-state index < -0.39 is 11.9 Å². The smallest absolute Gasteiger partial charge is 0.340 e. The number of hydrogen-bond acceptors (Lipinski definition) is 6. The number of nitrogens with one attached hydrogen (secondary N) is 2. The number of hydrazone groups is 1. The summed E-state index contributed by atoms with van der Waals surface area (Å²) in [6, 6.07) is 13.2. The molecule has 35 heavy (non-hydrogen) atoms. The van der Waals surface area contributed by atoms with E-state index in [1.807, 2.05) is 0 Å². The molecule has 4 rings (SSSR count). The van der Waals surface area contributed by atoms with Crippen molar-refractivity contribution >= 4 is 40.8 Å². The summed E-state index contributed by atoms with van der Waals surface area (Å²) < 4.78 is 11.0. The van der Waals surface area contributed by atoms with Crippen LogP contribution in [0.15, 0.2) is 58.0 Å². The average molecular weight is 494 g/mol. The Morgan fingerprint density at radius 2 is 1.89 bits per heavy atom. The van der Waals surface area contributed by atoms with Gasteiger partial charge in [-0.15, -0.1) is 0 Å². The van der Waals surface area contributed by atoms with Crippen molar-refractivity contribution in [2.45, 2.75) is 33.1 Å². The average Bonchev–Trinajstić information content (AvgIpc) is 3.20. The molecule has 2 amide bonds. The second-order valence-electron chi connectivity index (χ2n) is 7.94. The van der Waals surface area contributed by atoms with Crippen molar-refractivity contribution in [2.24, 2.45) is 5.10 Å². The van der Waals surface area contributed by atoms with E-state index >= 15 is 0 Å². The highest BCUT2D eigenvalue weighted by Gasteiger charge is 2.28. The molecule has 0 saturated heterocycles. The lowest BCUT2D eigenvalue weighted by Gasteiger charge is -2.13. The van der Waals surface area contributed by atoms with Gasteiger partial charge in [0.15, 0.2) is 5.76 Å². The van der Waals surface area contributed by atoms with Crippen LogP contribution < -0.4 is 10.7 Å². The molecule has 0 unspecified atom stereocenters. The summed E-state index contributed by atoms with van der Waals surface area (Å²) in [6.45, 7) is 3.71. The first kappa shape index (κ1) is 24.2. The molecule has 2 N–H and O–H groups in total. The van der Waals surface area contributed by atoms with Crippen molar-refractivity contribution in [1.82, 2.24) is 5.43 Å². The van der Waals surface area contributed by atoms with E-state index in [4.69, 9.17) is 20.8 Å². The molecule has 0 fully saturated rings. The highest BCUT2D eigenvalue weighted by atomic mass is 35.5. The normalized spacial score (nSPS) is 13.7. The number of amides is 2. The zero-order valence-electron chi connectivity index (χ0n) is 19.3. The SMILES string of the molecule is CCOC(=O)c1ccccc1NC(=O)c1oc2c(c1C)/C(=N/NC(=O)c1cccc(Cl)c1)CCC2. The van der Waals surface area contributed by atoms with Crippen LogP contribution in [0.2, 0.25) is 5.02 Å². The van der Waals surface area contributed by atoms with Gasteiger partial charge in [-0.2, -0.15) is 5.10 Å². The number of rotatable bonds is 6. The highest BCUT2D eigenvalue weighted by molar-refractivity contribution is 6.31. The number of nitrogens with zero attached hydrogens (tertiary/aromatic N) is 1. The highest BCUT2D eigenvalue weighted by Crippen LogP contribution is 2.30. The second-order valence-corrected chi connectivity index (χ2v) is 8.37. The zero-order chi connectivity index (χ0) is 24.9. The molecule has 0 spiro atoms. The first-order valence-electron chi connectivity index (χ1n) is 11.2. The lowest BCUT2D eigenvalue weighted by molar-refractivity contribution is 0.0527. The number of anilines is 1. The number of ether oxygens (including phenoxy) is 1. The van der Waals surface area contributed by atoms with Gasteiger partial charge in [0.1, 0.15) is 5.76 Å². The summed E-state index contributed by atoms with van der Waals surface area (Å²) in [5.41, 5.74) is 5.50. The molecule has 8 nitrogen and oxygen atoms in total. The topological polar surface area (TPSA) is 110 Å². The Balaban J connectivity index is 1.57. The van der Waals surface area contributed by atoms with E-state index in [1.54, 1.807) is 62.4 Å². The quantitative estimate of drug-likeness (QED) is 0.365. The van der Waals surface area contributed by atoms with Gasteiger partial charge in [-0.3, -0.25) is 9.59 Å². The number of furan rings is 1. The van der Waals surface area contributed by atoms with E-state index in [9.17, 15) is 14.4 Å². The van der Waals surface area contributed by atoms with Gasteiger partial charge < -0.3 is 14.5 Å². The van der Waals surface area contributed by atoms with Crippen LogP contribution in [0.4, 0.5) is 5.69 Å². The van der Waals surface area contributed by atoms with Gasteiger partial charge in [-0.05, 0) is 57.0 Å². The first-order valence-corrected chi connectivity index (χ1v) is 11.6. The van der Waals surface area contributed by atoms with Gasteiger partial charge in [0.25, 0.3) is 11.8 Å². The number of para-hydroxylation sites is 1. The summed E-state index contributed by atoms with van der Waals surface area (Å²) in [5, 5.41) is 7.53. The molecule has 0 saturated carbocycles. The standard InChI is InChI=1S/C26H24ClN3O5/c1-3-34-26(33)18-10-4-5-11-19(18)28-25(32)23-15(2)22-20(12-7-13-21(22)35-23)29-30-24(31)16-8-6-9-17(27)14-16/h4-6,8-11,14H,3,7,12-13H2,1-2H3,(H,28,32)(H,30,31)/b29-20+. The van der Waals surface area contributed by atoms with Crippen LogP contribution in [0.1, 0.15) is 67.9 Å². The summed E-state index contributed by atoms with van der Waals surface area (Å²) >= 11 is 5.97. The van der Waals surface area contributed by atoms with Crippen molar-refractivity contribution in [3.8, 4) is 0 Å². The van der Waals surface area contributed by atoms with E-state index in [0.29, 0.717) is 51.7 Å². The van der Waals surface area contributed by atoms with Gasteiger partial charge >= 0.3 is 5.97 Å². The van der Waals surface area contributed by atoms with Crippen molar-refractivity contribution < 1.29 is 23.5 Å². The third-order valence-corrected chi connectivity index (χ3v) is 5.82. The number of esters is 1. The Morgan fingerprint density at radius 3 is 2.66 bits per heavy atom. The van der Waals surface area contributed by atoms with E-state index in [-0.39, 0.29) is 23.8 Å². The Labute approximate surface area is 207 Å². The van der Waals surface area contributed by atoms with Crippen LogP contribution in [0.3, 0.4) is 0 Å². The molecule has 0 bridgehead atoms. The summed E-state index contributed by atoms with van der Waals surface area (Å²) in [6.07, 6.45) is 2.03. The summed E-state index contributed by atoms with van der Waals surface area (Å²) in [5.74, 6) is -0.640. The van der Waals surface area contributed by atoms with Crippen LogP contribution in [-0.2, 0) is 11.2 Å². The number of halogens is 1. The number of aryl methyl sites for hydroxylation is 1. The summed E-state index contributed by atoms with van der Waals surface area (Å²) in [4.78, 5) is 37.8. The van der Waals surface area contributed by atoms with Crippen LogP contribution >= 0.6 is 11.6 Å². The Bertz CT molecular complexity index is 1330. The first-order chi connectivity index (χ1) is 16.9. The minimum Gasteiger partial charge on any atom is -0.462 e. The van der Waals surface area contributed by atoms with E-state index in [1.165, 1.54) is 0 Å². The zero-order valence-corrected chi connectivity index (χ0v) is 20.1. The van der Waals surface area contributed by atoms with Gasteiger partial charge in [0, 0.05) is 28.1 Å². The Hall–Kier alpha value is -3.91. The molecular weight excluding hydrogens is 470 g/mol. The third-order valence-electron chi connectivity index (χ3n) is 5.58. The van der Waals surface area contributed by atoms with Gasteiger partial charge in [-0.1, -0.05) is 29.8 Å². The minimum absolute atomic E-state index is 0.129. The maximum Gasteiger partial charge on any atom is 0.340 e. The number of hydrogen-bond donors (Lipinski definition) is 2. The summed E-state index contributed by atoms with van der Waals surface area (Å²) in [7, 11) is 0. The monoisotopic (exact) mass is 493 g/mol. The fraction of sp³-hybridized carbons (Fsp3) is 0.231. The fourth-order valence-electron chi connectivity index (χ4n) is 3.97. The van der Waals surface area contributed by atoms with Gasteiger partial charge in [-0.25, -0.2) is 10.2 Å². The third kappa shape index (κ3) is 5.27. The Morgan fingerprint density at radius 1 is 1.09 bits per heavy atom. The lowest BCUT2D eigenvalue weighted by atomic mass is 9.93. The van der Waals surface area contributed by atoms with Crippen molar-refractivity contribution in [1.29, 1.82) is 0 Å². The van der Waals surface area contributed by atoms with Crippen LogP contribution in [0.5, 0.6) is 0 Å². The molecule has 1 aromatic heterocycles. The van der Waals surface area contributed by atoms with E-state index in [0.717, 1.165) is 6.42 Å². The van der Waals surface area contributed by atoms with Gasteiger partial charge in [0.05, 0.1) is 23.6 Å². The number of benzene rings is 2. The van der Waals surface area contributed by atoms with E-state index in [2.05, 4.69) is 15.8 Å². The van der Waals surface area contributed by atoms with Crippen LogP contribution in [-0.4, -0.2) is 30.1 Å². The fourth-order valence-corrected chi connectivity index (χ4v) is 4.16. The van der Waals surface area contributed by atoms with Crippen LogP contribution in [0.25, 0.3) is 0 Å². The van der Waals surface area contributed by atoms with Crippen molar-refractivity contribution in [3.05, 3.63) is 87.3 Å². The number of carbonyl (C=O) groups excluding carboxylic acids is 3. The predicted molar refractivity (Wildman–Crippen MR) is 132 cm³/mol. The Kier molecular flexibility index (Phi) is 7.31. The molecular formula is C26H24ClN3O5. The molecule has 0 atom stereocenters. The molecule has 1 aliphatic carbocycles. The number of carbonyl (C=O) groups is 3. The maximum absolute atomic E-state index is 13.1. The van der Waals surface area contributed by atoms with Gasteiger partial charge in [0.2, 0.25) is 0 Å². The molecule has 180 valence electrons. The largest absolute Gasteiger partial charge is 0.462 e. The maximum atomic E-state index is 13.1. The molecule has 3 aromatic rings. The molecule has 0 radical (unpaired) electrons. The second kappa shape index (κ2) is 10.6. The number of fused-ring (bicyclic) bond motifs is 1. The predicted octanol–water partition coefficient (Wildman–Crippen LogP) is 5.14. The molecule has 1 aliphatic rings. The lowest BCUT2D eigenvalue weighted by Crippen LogP contribution is -2.22. The van der Waals surface area contributed by atoms with Crippen molar-refractivity contribution in [3.63, 3.8) is 0 Å². The van der Waals surface area contributed by atoms with Crippen LogP contribution in [0, 0.1) is 6.92 Å².